The highest BCUT2D eigenvalue weighted by atomic mass is 32.1. The smallest absolute Gasteiger partial charge is 0.333 e. The number of hydroxylamine groups is 2. The number of carbonyl (C=O) groups excluding carboxylic acids is 2. The third kappa shape index (κ3) is 4.33. The number of carboxylic acid groups (broad SMARTS) is 1. The summed E-state index contributed by atoms with van der Waals surface area (Å²) < 4.78 is 0. The van der Waals surface area contributed by atoms with Gasteiger partial charge in [-0.1, -0.05) is 0 Å². The average molecular weight is 356 g/mol. The molecule has 1 aromatic rings. The molecule has 0 aliphatic rings. The largest absolute Gasteiger partial charge is 0.479 e. The molecule has 24 heavy (non-hydrogen) atoms. The van der Waals surface area contributed by atoms with Crippen LogP contribution in [-0.2, 0) is 24.8 Å². The molecule has 0 fully saturated rings. The SMILES string of the molecule is CC(C)(C)ON(C=O)C(C)(C)C(=O)NC(C)(C(=O)O)c1ccsc1. The van der Waals surface area contributed by atoms with E-state index in [0.29, 0.717) is 12.0 Å². The lowest BCUT2D eigenvalue weighted by Gasteiger charge is -2.39. The lowest BCUT2D eigenvalue weighted by molar-refractivity contribution is -0.247. The number of carbonyl (C=O) groups is 3. The fraction of sp³-hybridized carbons (Fsp3) is 0.562. The third-order valence-electron chi connectivity index (χ3n) is 3.46. The molecule has 0 bridgehead atoms. The van der Waals surface area contributed by atoms with Crippen molar-refractivity contribution in [3.8, 4) is 0 Å². The van der Waals surface area contributed by atoms with Gasteiger partial charge < -0.3 is 10.4 Å². The van der Waals surface area contributed by atoms with E-state index in [2.05, 4.69) is 5.32 Å². The quantitative estimate of drug-likeness (QED) is 0.576. The summed E-state index contributed by atoms with van der Waals surface area (Å²) in [5, 5.41) is 16.4. The molecule has 7 nitrogen and oxygen atoms in total. The van der Waals surface area contributed by atoms with Crippen LogP contribution in [0.1, 0.15) is 47.1 Å². The fourth-order valence-electron chi connectivity index (χ4n) is 1.84. The average Bonchev–Trinajstić information content (AvgIpc) is 2.97. The number of thiophene rings is 1. The number of nitrogens with zero attached hydrogens (tertiary/aromatic N) is 1. The minimum Gasteiger partial charge on any atom is -0.479 e. The second-order valence-electron chi connectivity index (χ2n) is 7.09. The monoisotopic (exact) mass is 356 g/mol. The molecule has 0 radical (unpaired) electrons. The summed E-state index contributed by atoms with van der Waals surface area (Å²) in [5.74, 6) is -1.84. The van der Waals surface area contributed by atoms with Crippen molar-refractivity contribution in [2.45, 2.75) is 58.2 Å². The number of nitrogens with one attached hydrogen (secondary N) is 1. The van der Waals surface area contributed by atoms with Gasteiger partial charge in [0, 0.05) is 0 Å². The predicted octanol–water partition coefficient (Wildman–Crippen LogP) is 2.13. The maximum atomic E-state index is 12.7. The highest BCUT2D eigenvalue weighted by Crippen LogP contribution is 2.26. The lowest BCUT2D eigenvalue weighted by atomic mass is 9.92. The molecule has 1 unspecified atom stereocenters. The van der Waals surface area contributed by atoms with Crippen molar-refractivity contribution < 1.29 is 24.3 Å². The second-order valence-corrected chi connectivity index (χ2v) is 7.87. The number of hydrogen-bond donors (Lipinski definition) is 2. The van der Waals surface area contributed by atoms with Gasteiger partial charge in [0.15, 0.2) is 5.54 Å². The molecule has 8 heteroatoms. The first-order valence-electron chi connectivity index (χ1n) is 7.37. The standard InChI is InChI=1S/C16H24N2O5S/c1-14(2,3)23-18(10-19)15(4,5)12(20)17-16(6,13(21)22)11-7-8-24-9-11/h7-10H,1-6H3,(H,17,20)(H,21,22). The van der Waals surface area contributed by atoms with Crippen molar-refractivity contribution in [1.82, 2.24) is 10.4 Å². The number of rotatable bonds is 7. The zero-order valence-electron chi connectivity index (χ0n) is 14.7. The minimum absolute atomic E-state index is 0.410. The first kappa shape index (κ1) is 20.1. The summed E-state index contributed by atoms with van der Waals surface area (Å²) in [6.45, 7) is 9.59. The molecular formula is C16H24N2O5S. The maximum absolute atomic E-state index is 12.7. The highest BCUT2D eigenvalue weighted by molar-refractivity contribution is 7.08. The van der Waals surface area contributed by atoms with Crippen LogP contribution in [0.2, 0.25) is 0 Å². The molecule has 0 aliphatic heterocycles. The summed E-state index contributed by atoms with van der Waals surface area (Å²) >= 11 is 1.33. The van der Waals surface area contributed by atoms with E-state index in [4.69, 9.17) is 4.84 Å². The van der Waals surface area contributed by atoms with Gasteiger partial charge in [-0.2, -0.15) is 11.3 Å². The lowest BCUT2D eigenvalue weighted by Crippen LogP contribution is -2.61. The number of carboxylic acids is 1. The van der Waals surface area contributed by atoms with Gasteiger partial charge in [-0.15, -0.1) is 0 Å². The van der Waals surface area contributed by atoms with Crippen molar-refractivity contribution >= 4 is 29.6 Å². The molecular weight excluding hydrogens is 332 g/mol. The first-order valence-corrected chi connectivity index (χ1v) is 8.31. The predicted molar refractivity (Wildman–Crippen MR) is 90.3 cm³/mol. The van der Waals surface area contributed by atoms with Crippen LogP contribution < -0.4 is 5.32 Å². The van der Waals surface area contributed by atoms with E-state index in [9.17, 15) is 19.5 Å². The van der Waals surface area contributed by atoms with Gasteiger partial charge >= 0.3 is 5.97 Å². The molecule has 0 aromatic carbocycles. The van der Waals surface area contributed by atoms with Crippen LogP contribution in [0.4, 0.5) is 0 Å². The van der Waals surface area contributed by atoms with E-state index in [1.807, 2.05) is 0 Å². The van der Waals surface area contributed by atoms with Crippen LogP contribution in [0.3, 0.4) is 0 Å². The van der Waals surface area contributed by atoms with E-state index in [0.717, 1.165) is 5.06 Å². The van der Waals surface area contributed by atoms with Crippen molar-refractivity contribution in [3.05, 3.63) is 22.4 Å². The Morgan fingerprint density at radius 1 is 1.25 bits per heavy atom. The van der Waals surface area contributed by atoms with Crippen molar-refractivity contribution in [3.63, 3.8) is 0 Å². The highest BCUT2D eigenvalue weighted by Gasteiger charge is 2.44. The van der Waals surface area contributed by atoms with Crippen LogP contribution in [0.5, 0.6) is 0 Å². The van der Waals surface area contributed by atoms with Crippen LogP contribution in [0, 0.1) is 0 Å². The number of hydrogen-bond acceptors (Lipinski definition) is 5. The van der Waals surface area contributed by atoms with E-state index >= 15 is 0 Å². The van der Waals surface area contributed by atoms with Gasteiger partial charge in [-0.25, -0.2) is 9.86 Å². The molecule has 0 saturated carbocycles. The molecule has 1 atom stereocenters. The summed E-state index contributed by atoms with van der Waals surface area (Å²) in [4.78, 5) is 41.3. The molecule has 0 aliphatic carbocycles. The zero-order chi connectivity index (χ0) is 18.8. The third-order valence-corrected chi connectivity index (χ3v) is 4.15. The van der Waals surface area contributed by atoms with E-state index < -0.39 is 28.6 Å². The van der Waals surface area contributed by atoms with Crippen molar-refractivity contribution in [1.29, 1.82) is 0 Å². The van der Waals surface area contributed by atoms with Gasteiger partial charge in [-0.3, -0.25) is 14.4 Å². The second kappa shape index (κ2) is 6.90. The van der Waals surface area contributed by atoms with E-state index in [1.165, 1.54) is 32.1 Å². The Labute approximate surface area is 145 Å². The molecule has 2 amide bonds. The number of aliphatic carboxylic acids is 1. The summed E-state index contributed by atoms with van der Waals surface area (Å²) in [7, 11) is 0. The topological polar surface area (TPSA) is 95.9 Å². The van der Waals surface area contributed by atoms with Gasteiger partial charge in [-0.05, 0) is 63.9 Å². The normalized spacial score (nSPS) is 14.6. The summed E-state index contributed by atoms with van der Waals surface area (Å²) in [6, 6.07) is 1.63. The Morgan fingerprint density at radius 3 is 2.21 bits per heavy atom. The van der Waals surface area contributed by atoms with Crippen LogP contribution >= 0.6 is 11.3 Å². The summed E-state index contributed by atoms with van der Waals surface area (Å²) in [6.07, 6.45) is 0.410. The first-order chi connectivity index (χ1) is 10.8. The fourth-order valence-corrected chi connectivity index (χ4v) is 2.61. The molecule has 1 aromatic heterocycles. The van der Waals surface area contributed by atoms with E-state index in [1.54, 1.807) is 37.6 Å². The van der Waals surface area contributed by atoms with Crippen LogP contribution in [0.15, 0.2) is 16.8 Å². The van der Waals surface area contributed by atoms with Crippen molar-refractivity contribution in [2.24, 2.45) is 0 Å². The molecule has 1 rings (SSSR count). The maximum Gasteiger partial charge on any atom is 0.333 e. The van der Waals surface area contributed by atoms with E-state index in [-0.39, 0.29) is 0 Å². The molecule has 2 N–H and O–H groups in total. The Bertz CT molecular complexity index is 606. The Hall–Kier alpha value is -1.93. The molecule has 1 heterocycles. The number of amides is 2. The van der Waals surface area contributed by atoms with Gasteiger partial charge in [0.1, 0.15) is 5.54 Å². The van der Waals surface area contributed by atoms with Gasteiger partial charge in [0.25, 0.3) is 0 Å². The molecule has 134 valence electrons. The zero-order valence-corrected chi connectivity index (χ0v) is 15.6. The van der Waals surface area contributed by atoms with Gasteiger partial charge in [0.2, 0.25) is 12.3 Å². The molecule has 0 spiro atoms. The Kier molecular flexibility index (Phi) is 5.78. The summed E-state index contributed by atoms with van der Waals surface area (Å²) in [5.41, 5.74) is -3.24. The Morgan fingerprint density at radius 2 is 1.83 bits per heavy atom. The van der Waals surface area contributed by atoms with Crippen LogP contribution in [0.25, 0.3) is 0 Å². The van der Waals surface area contributed by atoms with Gasteiger partial charge in [0.05, 0.1) is 5.60 Å². The van der Waals surface area contributed by atoms with Crippen LogP contribution in [-0.4, -0.2) is 39.6 Å². The Balaban J connectivity index is 3.10. The minimum atomic E-state index is -1.61. The van der Waals surface area contributed by atoms with Crippen molar-refractivity contribution in [2.75, 3.05) is 0 Å². The molecule has 0 saturated heterocycles.